The molecule has 0 bridgehead atoms. The van der Waals surface area contributed by atoms with Crippen LogP contribution in [0, 0.1) is 10.7 Å². The molecule has 0 saturated carbocycles. The Balaban J connectivity index is 1.69. The molecule has 2 aromatic heterocycles. The zero-order valence-electron chi connectivity index (χ0n) is 10.3. The second-order valence-electron chi connectivity index (χ2n) is 3.84. The third-order valence-electron chi connectivity index (χ3n) is 2.51. The summed E-state index contributed by atoms with van der Waals surface area (Å²) in [6, 6.07) is -0.298. The number of urea groups is 1. The van der Waals surface area contributed by atoms with Crippen molar-refractivity contribution in [1.82, 2.24) is 24.5 Å². The summed E-state index contributed by atoms with van der Waals surface area (Å²) < 4.78 is 5.20. The van der Waals surface area contributed by atoms with E-state index in [9.17, 15) is 4.79 Å². The number of aryl methyl sites for hydroxylation is 2. The number of rotatable bonds is 5. The highest BCUT2D eigenvalue weighted by Crippen LogP contribution is 2.08. The number of carbonyl (C=O) groups is 1. The van der Waals surface area contributed by atoms with Gasteiger partial charge >= 0.3 is 6.03 Å². The lowest BCUT2D eigenvalue weighted by molar-refractivity contribution is 0.251. The predicted octanol–water partition coefficient (Wildman–Crippen LogP) is 1.92. The molecule has 0 radical (unpaired) electrons. The van der Waals surface area contributed by atoms with Crippen LogP contribution < -0.4 is 10.6 Å². The molecule has 2 aromatic rings. The Morgan fingerprint density at radius 1 is 1.63 bits per heavy atom. The average Bonchev–Trinajstić information content (AvgIpc) is 2.95. The van der Waals surface area contributed by atoms with E-state index >= 15 is 0 Å². The van der Waals surface area contributed by atoms with E-state index in [-0.39, 0.29) is 6.03 Å². The van der Waals surface area contributed by atoms with E-state index < -0.39 is 0 Å². The third-order valence-corrected chi connectivity index (χ3v) is 3.51. The molecule has 2 rings (SSSR count). The van der Waals surface area contributed by atoms with Crippen LogP contribution in [0.4, 0.5) is 10.6 Å². The lowest BCUT2D eigenvalue weighted by Gasteiger charge is -2.07. The first kappa shape index (κ1) is 13.7. The molecule has 0 aliphatic heterocycles. The zero-order chi connectivity index (χ0) is 13.7. The van der Waals surface area contributed by atoms with Crippen molar-refractivity contribution >= 4 is 35.6 Å². The Kier molecular flexibility index (Phi) is 4.63. The zero-order valence-corrected chi connectivity index (χ0v) is 12.0. The number of H-pyrrole nitrogens is 1. The molecular formula is C10H14N6OS2. The summed E-state index contributed by atoms with van der Waals surface area (Å²) in [7, 11) is 0. The van der Waals surface area contributed by atoms with E-state index in [0.29, 0.717) is 16.2 Å². The summed E-state index contributed by atoms with van der Waals surface area (Å²) >= 11 is 6.18. The molecule has 2 heterocycles. The number of amides is 2. The van der Waals surface area contributed by atoms with Crippen molar-refractivity contribution in [2.75, 3.05) is 11.9 Å². The Morgan fingerprint density at radius 2 is 2.47 bits per heavy atom. The van der Waals surface area contributed by atoms with Crippen molar-refractivity contribution in [2.24, 2.45) is 0 Å². The van der Waals surface area contributed by atoms with Crippen molar-refractivity contribution in [3.05, 3.63) is 22.0 Å². The lowest BCUT2D eigenvalue weighted by atomic mass is 10.4. The van der Waals surface area contributed by atoms with E-state index in [1.807, 2.05) is 17.7 Å². The minimum Gasteiger partial charge on any atom is -0.338 e. The summed E-state index contributed by atoms with van der Waals surface area (Å²) in [6.07, 6.45) is 4.51. The van der Waals surface area contributed by atoms with Gasteiger partial charge in [-0.25, -0.2) is 14.3 Å². The van der Waals surface area contributed by atoms with E-state index in [1.165, 1.54) is 11.5 Å². The van der Waals surface area contributed by atoms with Gasteiger partial charge in [-0.3, -0.25) is 5.32 Å². The van der Waals surface area contributed by atoms with Gasteiger partial charge in [-0.15, -0.1) is 5.10 Å². The molecule has 0 fully saturated rings. The summed E-state index contributed by atoms with van der Waals surface area (Å²) in [4.78, 5) is 15.7. The van der Waals surface area contributed by atoms with Crippen molar-refractivity contribution in [3.63, 3.8) is 0 Å². The van der Waals surface area contributed by atoms with Crippen molar-refractivity contribution in [1.29, 1.82) is 0 Å². The third kappa shape index (κ3) is 3.86. The van der Waals surface area contributed by atoms with Crippen LogP contribution in [0.1, 0.15) is 12.2 Å². The predicted molar refractivity (Wildman–Crippen MR) is 75.9 cm³/mol. The Hall–Kier alpha value is -1.74. The fraction of sp³-hybridized carbons (Fsp3) is 0.400. The van der Waals surface area contributed by atoms with Gasteiger partial charge in [0.2, 0.25) is 0 Å². The molecule has 0 spiro atoms. The fourth-order valence-corrected chi connectivity index (χ4v) is 2.15. The molecule has 7 nitrogen and oxygen atoms in total. The van der Waals surface area contributed by atoms with Gasteiger partial charge < -0.3 is 9.88 Å². The molecule has 0 saturated heterocycles. The number of imidazole rings is 1. The minimum atomic E-state index is -0.298. The molecule has 0 unspecified atom stereocenters. The van der Waals surface area contributed by atoms with Crippen molar-refractivity contribution < 1.29 is 4.79 Å². The first-order chi connectivity index (χ1) is 9.16. The smallest absolute Gasteiger partial charge is 0.320 e. The maximum Gasteiger partial charge on any atom is 0.320 e. The van der Waals surface area contributed by atoms with E-state index in [0.717, 1.165) is 18.8 Å². The monoisotopic (exact) mass is 298 g/mol. The fourth-order valence-electron chi connectivity index (χ4n) is 1.53. The molecule has 9 heteroatoms. The van der Waals surface area contributed by atoms with Crippen LogP contribution in [0.25, 0.3) is 0 Å². The van der Waals surface area contributed by atoms with Gasteiger partial charge in [0, 0.05) is 25.5 Å². The maximum atomic E-state index is 11.6. The number of nitrogens with zero attached hydrogens (tertiary/aromatic N) is 3. The summed E-state index contributed by atoms with van der Waals surface area (Å²) in [5.41, 5.74) is 0. The molecule has 0 aliphatic rings. The van der Waals surface area contributed by atoms with Crippen LogP contribution >= 0.6 is 23.8 Å². The molecular weight excluding hydrogens is 284 g/mol. The van der Waals surface area contributed by atoms with Gasteiger partial charge in [0.1, 0.15) is 5.82 Å². The quantitative estimate of drug-likeness (QED) is 0.581. The SMILES string of the molecule is Cc1nccn1CCCNC(=O)Nc1n[nH]sc1=S. The van der Waals surface area contributed by atoms with Gasteiger partial charge in [0.25, 0.3) is 0 Å². The van der Waals surface area contributed by atoms with Crippen LogP contribution in [-0.4, -0.2) is 31.7 Å². The molecule has 0 aromatic carbocycles. The van der Waals surface area contributed by atoms with Crippen LogP contribution in [0.5, 0.6) is 0 Å². The van der Waals surface area contributed by atoms with Gasteiger partial charge in [-0.05, 0) is 24.9 Å². The number of carbonyl (C=O) groups excluding carboxylic acids is 1. The molecule has 0 aliphatic carbocycles. The first-order valence-corrected chi connectivity index (χ1v) is 6.96. The second kappa shape index (κ2) is 6.43. The number of hydrogen-bond donors (Lipinski definition) is 3. The van der Waals surface area contributed by atoms with Crippen LogP contribution in [-0.2, 0) is 6.54 Å². The number of nitrogens with one attached hydrogen (secondary N) is 3. The minimum absolute atomic E-state index is 0.298. The van der Waals surface area contributed by atoms with Gasteiger partial charge in [-0.2, -0.15) is 0 Å². The lowest BCUT2D eigenvalue weighted by Crippen LogP contribution is -2.30. The number of anilines is 1. The summed E-state index contributed by atoms with van der Waals surface area (Å²) in [5.74, 6) is 1.36. The highest BCUT2D eigenvalue weighted by molar-refractivity contribution is 7.73. The van der Waals surface area contributed by atoms with Crippen molar-refractivity contribution in [2.45, 2.75) is 19.9 Å². The molecule has 19 heavy (non-hydrogen) atoms. The summed E-state index contributed by atoms with van der Waals surface area (Å²) in [6.45, 7) is 3.34. The number of aromatic amines is 1. The van der Waals surface area contributed by atoms with Crippen LogP contribution in [0.15, 0.2) is 12.4 Å². The topological polar surface area (TPSA) is 87.6 Å². The highest BCUT2D eigenvalue weighted by atomic mass is 32.2. The van der Waals surface area contributed by atoms with E-state index in [4.69, 9.17) is 12.2 Å². The van der Waals surface area contributed by atoms with Crippen LogP contribution in [0.2, 0.25) is 0 Å². The van der Waals surface area contributed by atoms with Gasteiger partial charge in [0.05, 0.1) is 0 Å². The van der Waals surface area contributed by atoms with Crippen LogP contribution in [0.3, 0.4) is 0 Å². The van der Waals surface area contributed by atoms with E-state index in [2.05, 4.69) is 25.2 Å². The molecule has 2 amide bonds. The first-order valence-electron chi connectivity index (χ1n) is 5.73. The average molecular weight is 298 g/mol. The van der Waals surface area contributed by atoms with E-state index in [1.54, 1.807) is 6.20 Å². The molecule has 0 atom stereocenters. The van der Waals surface area contributed by atoms with Crippen molar-refractivity contribution in [3.8, 4) is 0 Å². The number of aromatic nitrogens is 4. The highest BCUT2D eigenvalue weighted by Gasteiger charge is 2.05. The Bertz CT molecular complexity index is 601. The number of hydrogen-bond acceptors (Lipinski definition) is 5. The summed E-state index contributed by atoms with van der Waals surface area (Å²) in [5, 5.41) is 9.18. The standard InChI is InChI=1S/C10H14N6OS2/c1-7-11-4-6-16(7)5-2-3-12-10(17)13-8-9(18)19-15-14-8/h4,6,15H,2-3,5H2,1H3,(H2,12,13,14,17). The molecule has 102 valence electrons. The van der Waals surface area contributed by atoms with Gasteiger partial charge in [0.15, 0.2) is 9.64 Å². The Labute approximate surface area is 119 Å². The Morgan fingerprint density at radius 3 is 3.11 bits per heavy atom. The molecule has 3 N–H and O–H groups in total. The largest absolute Gasteiger partial charge is 0.338 e. The normalized spacial score (nSPS) is 10.4. The maximum absolute atomic E-state index is 11.6. The van der Waals surface area contributed by atoms with Gasteiger partial charge in [-0.1, -0.05) is 12.2 Å². The second-order valence-corrected chi connectivity index (χ2v) is 5.31.